The summed E-state index contributed by atoms with van der Waals surface area (Å²) in [5.41, 5.74) is 10.3. The van der Waals surface area contributed by atoms with Gasteiger partial charge in [0.05, 0.1) is 27.8 Å². The molecule has 0 bridgehead atoms. The number of hydrogen-bond acceptors (Lipinski definition) is 2. The van der Waals surface area contributed by atoms with Crippen LogP contribution in [0.15, 0.2) is 237 Å². The number of fused-ring (bicyclic) bond motifs is 15. The molecule has 3 nitrogen and oxygen atoms in total. The maximum absolute atomic E-state index is 2.50. The average Bonchev–Trinajstić information content (AvgIpc) is 4.05. The first-order chi connectivity index (χ1) is 33.7. The van der Waals surface area contributed by atoms with Crippen LogP contribution in [-0.2, 0) is 0 Å². The van der Waals surface area contributed by atoms with Gasteiger partial charge >= 0.3 is 0 Å². The van der Waals surface area contributed by atoms with E-state index in [2.05, 4.69) is 251 Å². The summed E-state index contributed by atoms with van der Waals surface area (Å²) in [7, 11) is 0. The van der Waals surface area contributed by atoms with Crippen molar-refractivity contribution in [1.29, 1.82) is 0 Å². The molecule has 0 radical (unpaired) electrons. The van der Waals surface area contributed by atoms with Gasteiger partial charge in [-0.25, -0.2) is 0 Å². The second-order valence-corrected chi connectivity index (χ2v) is 19.2. The molecule has 0 spiro atoms. The van der Waals surface area contributed by atoms with Crippen LogP contribution in [0.4, 0.5) is 17.1 Å². The molecule has 0 aliphatic carbocycles. The third-order valence-electron chi connectivity index (χ3n) is 14.4. The number of para-hydroxylation sites is 3. The van der Waals surface area contributed by atoms with Crippen molar-refractivity contribution in [3.63, 3.8) is 0 Å². The monoisotopic (exact) mass is 881 g/mol. The predicted molar refractivity (Wildman–Crippen MR) is 293 cm³/mol. The van der Waals surface area contributed by atoms with Gasteiger partial charge in [-0.3, -0.25) is 0 Å². The quantitative estimate of drug-likeness (QED) is 0.157. The fourth-order valence-electron chi connectivity index (χ4n) is 11.4. The molecule has 3 heterocycles. The van der Waals surface area contributed by atoms with Crippen LogP contribution < -0.4 is 4.90 Å². The van der Waals surface area contributed by atoms with Crippen molar-refractivity contribution in [3.8, 4) is 11.4 Å². The van der Waals surface area contributed by atoms with E-state index in [9.17, 15) is 0 Å². The van der Waals surface area contributed by atoms with E-state index < -0.39 is 0 Å². The highest BCUT2D eigenvalue weighted by molar-refractivity contribution is 7.25. The fourth-order valence-corrected chi connectivity index (χ4v) is 12.5. The molecular formula is C64H39N3S. The Morgan fingerprint density at radius 2 is 0.853 bits per heavy atom. The van der Waals surface area contributed by atoms with Crippen molar-refractivity contribution in [2.45, 2.75) is 0 Å². The van der Waals surface area contributed by atoms with Gasteiger partial charge in [0.1, 0.15) is 0 Å². The minimum atomic E-state index is 1.09. The molecule has 0 N–H and O–H groups in total. The summed E-state index contributed by atoms with van der Waals surface area (Å²) in [5, 5.41) is 17.5. The summed E-state index contributed by atoms with van der Waals surface area (Å²) < 4.78 is 7.51. The van der Waals surface area contributed by atoms with E-state index in [-0.39, 0.29) is 0 Å². The lowest BCUT2D eigenvalue weighted by Gasteiger charge is -2.27. The lowest BCUT2D eigenvalue weighted by atomic mass is 9.96. The van der Waals surface area contributed by atoms with Crippen LogP contribution >= 0.6 is 11.3 Å². The van der Waals surface area contributed by atoms with Crippen LogP contribution in [0.3, 0.4) is 0 Å². The zero-order valence-corrected chi connectivity index (χ0v) is 37.6. The average molecular weight is 882 g/mol. The van der Waals surface area contributed by atoms with E-state index in [1.807, 2.05) is 11.3 Å². The van der Waals surface area contributed by atoms with Gasteiger partial charge in [0.2, 0.25) is 0 Å². The zero-order valence-electron chi connectivity index (χ0n) is 36.8. The van der Waals surface area contributed by atoms with Gasteiger partial charge in [-0.05, 0) is 134 Å². The van der Waals surface area contributed by atoms with Crippen LogP contribution in [0.2, 0.25) is 0 Å². The van der Waals surface area contributed by atoms with Crippen LogP contribution in [0, 0.1) is 0 Å². The standard InChI is InChI=1S/C64H39N3S/c1-2-16-44(17-3-1)66-58-22-11-9-20-54(58)64-59(23-12-24-60(64)66)65(45-27-32-49-43(35-45)26-31-50-48-18-7-6-13-40(48)25-30-51(49)50)47-28-33-53-52-19-8-10-21-57(52)67(61(53)39-47)46-29-34-62-56(38-46)55-36-41-14-4-5-15-42(41)37-63(55)68-62/h1-39H. The molecule has 15 aromatic rings. The molecule has 0 aliphatic rings. The lowest BCUT2D eigenvalue weighted by Crippen LogP contribution is -2.10. The second kappa shape index (κ2) is 14.4. The molecule has 0 saturated carbocycles. The van der Waals surface area contributed by atoms with Gasteiger partial charge in [-0.2, -0.15) is 0 Å². The first kappa shape index (κ1) is 37.5. The second-order valence-electron chi connectivity index (χ2n) is 18.1. The largest absolute Gasteiger partial charge is 0.310 e. The van der Waals surface area contributed by atoms with Crippen LogP contribution in [0.5, 0.6) is 0 Å². The molecule has 12 aromatic carbocycles. The Kier molecular flexibility index (Phi) is 7.94. The fraction of sp³-hybridized carbons (Fsp3) is 0. The molecule has 0 fully saturated rings. The van der Waals surface area contributed by atoms with Gasteiger partial charge in [-0.15, -0.1) is 11.3 Å². The molecule has 3 aromatic heterocycles. The molecule has 0 unspecified atom stereocenters. The number of aromatic nitrogens is 2. The Balaban J connectivity index is 1.000. The third kappa shape index (κ3) is 5.47. The Hall–Kier alpha value is -8.70. The molecule has 0 atom stereocenters. The van der Waals surface area contributed by atoms with Gasteiger partial charge in [0, 0.05) is 64.5 Å². The predicted octanol–water partition coefficient (Wildman–Crippen LogP) is 18.3. The summed E-state index contributed by atoms with van der Waals surface area (Å²) in [6.07, 6.45) is 0. The molecule has 0 saturated heterocycles. The Morgan fingerprint density at radius 3 is 1.68 bits per heavy atom. The van der Waals surface area contributed by atoms with Crippen molar-refractivity contribution >= 4 is 135 Å². The molecule has 0 aliphatic heterocycles. The molecule has 68 heavy (non-hydrogen) atoms. The third-order valence-corrected chi connectivity index (χ3v) is 15.5. The molecule has 316 valence electrons. The number of thiophene rings is 1. The maximum Gasteiger partial charge on any atom is 0.0562 e. The van der Waals surface area contributed by atoms with Crippen LogP contribution in [0.25, 0.3) is 118 Å². The first-order valence-corrected chi connectivity index (χ1v) is 24.1. The highest BCUT2D eigenvalue weighted by Gasteiger charge is 2.23. The van der Waals surface area contributed by atoms with Crippen molar-refractivity contribution in [2.24, 2.45) is 0 Å². The molecular weight excluding hydrogens is 843 g/mol. The number of nitrogens with zero attached hydrogens (tertiary/aromatic N) is 3. The highest BCUT2D eigenvalue weighted by atomic mass is 32.1. The summed E-state index contributed by atoms with van der Waals surface area (Å²) in [6.45, 7) is 0. The van der Waals surface area contributed by atoms with Gasteiger partial charge in [-0.1, -0.05) is 146 Å². The minimum absolute atomic E-state index is 1.09. The van der Waals surface area contributed by atoms with Gasteiger partial charge in [0.25, 0.3) is 0 Å². The van der Waals surface area contributed by atoms with Crippen molar-refractivity contribution in [3.05, 3.63) is 237 Å². The van der Waals surface area contributed by atoms with E-state index >= 15 is 0 Å². The van der Waals surface area contributed by atoms with E-state index in [1.165, 1.54) is 95.8 Å². The number of anilines is 3. The Bertz CT molecular complexity index is 4570. The SMILES string of the molecule is c1ccc(-n2c3ccccc3c3c(N(c4ccc5c(ccc6c7ccccc7ccc56)c4)c4ccc5c6ccccc6n(-c6ccc7sc8cc9ccccc9cc8c7c6)c5c4)cccc32)cc1. The molecule has 4 heteroatoms. The smallest absolute Gasteiger partial charge is 0.0562 e. The molecule has 0 amide bonds. The van der Waals surface area contributed by atoms with E-state index in [0.29, 0.717) is 0 Å². The first-order valence-electron chi connectivity index (χ1n) is 23.3. The number of rotatable bonds is 5. The highest BCUT2D eigenvalue weighted by Crippen LogP contribution is 2.47. The summed E-state index contributed by atoms with van der Waals surface area (Å²) in [4.78, 5) is 2.50. The molecule has 15 rings (SSSR count). The Labute approximate surface area is 395 Å². The summed E-state index contributed by atoms with van der Waals surface area (Å²) in [6, 6.07) is 87.8. The van der Waals surface area contributed by atoms with Crippen molar-refractivity contribution < 1.29 is 0 Å². The zero-order chi connectivity index (χ0) is 44.5. The van der Waals surface area contributed by atoms with Crippen LogP contribution in [-0.4, -0.2) is 9.13 Å². The topological polar surface area (TPSA) is 13.1 Å². The van der Waals surface area contributed by atoms with Crippen molar-refractivity contribution in [2.75, 3.05) is 4.90 Å². The number of hydrogen-bond donors (Lipinski definition) is 0. The lowest BCUT2D eigenvalue weighted by molar-refractivity contribution is 1.18. The number of benzene rings is 12. The maximum atomic E-state index is 2.50. The van der Waals surface area contributed by atoms with E-state index in [1.54, 1.807) is 0 Å². The van der Waals surface area contributed by atoms with Gasteiger partial charge < -0.3 is 14.0 Å². The minimum Gasteiger partial charge on any atom is -0.310 e. The Morgan fingerprint density at radius 1 is 0.279 bits per heavy atom. The van der Waals surface area contributed by atoms with Gasteiger partial charge in [0.15, 0.2) is 0 Å². The summed E-state index contributed by atoms with van der Waals surface area (Å²) in [5.74, 6) is 0. The van der Waals surface area contributed by atoms with Crippen molar-refractivity contribution in [1.82, 2.24) is 9.13 Å². The van der Waals surface area contributed by atoms with E-state index in [4.69, 9.17) is 0 Å². The summed E-state index contributed by atoms with van der Waals surface area (Å²) >= 11 is 1.88. The van der Waals surface area contributed by atoms with E-state index in [0.717, 1.165) is 39.5 Å². The van der Waals surface area contributed by atoms with Crippen LogP contribution in [0.1, 0.15) is 0 Å². The normalized spacial score (nSPS) is 12.1.